The number of piperazine rings is 1. The molecule has 8 heteroatoms. The summed E-state index contributed by atoms with van der Waals surface area (Å²) < 4.78 is 12.8. The molecule has 0 radical (unpaired) electrons. The topological polar surface area (TPSA) is 66.9 Å². The lowest BCUT2D eigenvalue weighted by Gasteiger charge is -2.36. The molecule has 4 aromatic rings. The lowest BCUT2D eigenvalue weighted by atomic mass is 10.1. The van der Waals surface area contributed by atoms with Gasteiger partial charge in [-0.15, -0.1) is 11.3 Å². The number of nitrogens with one attached hydrogen (secondary N) is 1. The van der Waals surface area contributed by atoms with Gasteiger partial charge in [-0.05, 0) is 67.6 Å². The fourth-order valence-corrected chi connectivity index (χ4v) is 6.35. The largest absolute Gasteiger partial charge is 0.494 e. The normalized spacial score (nSPS) is 14.0. The minimum Gasteiger partial charge on any atom is -0.494 e. The highest BCUT2D eigenvalue weighted by molar-refractivity contribution is 7.17. The zero-order valence-electron chi connectivity index (χ0n) is 24.9. The number of anilines is 1. The predicted molar refractivity (Wildman–Crippen MR) is 174 cm³/mol. The van der Waals surface area contributed by atoms with Crippen LogP contribution in [0.5, 0.6) is 11.6 Å². The van der Waals surface area contributed by atoms with E-state index >= 15 is 0 Å². The third-order valence-electron chi connectivity index (χ3n) is 7.96. The highest BCUT2D eigenvalue weighted by Gasteiger charge is 2.18. The van der Waals surface area contributed by atoms with E-state index in [0.29, 0.717) is 19.0 Å². The summed E-state index contributed by atoms with van der Waals surface area (Å²) in [4.78, 5) is 21.8. The van der Waals surface area contributed by atoms with Crippen molar-refractivity contribution in [1.82, 2.24) is 15.2 Å². The van der Waals surface area contributed by atoms with E-state index in [1.54, 1.807) is 6.07 Å². The molecule has 0 atom stereocenters. The molecule has 1 aliphatic heterocycles. The van der Waals surface area contributed by atoms with Crippen LogP contribution >= 0.6 is 11.3 Å². The van der Waals surface area contributed by atoms with Crippen LogP contribution in [0.25, 0.3) is 21.0 Å². The van der Waals surface area contributed by atoms with Gasteiger partial charge in [0.15, 0.2) is 0 Å². The van der Waals surface area contributed by atoms with Gasteiger partial charge in [-0.1, -0.05) is 45.1 Å². The SMILES string of the molecule is CCCCCCCCNC(=O)Oc1ccc2ccc(OCCCCN3CCN(c4cccc5sccc45)CC3)cc2n1. The van der Waals surface area contributed by atoms with Gasteiger partial charge in [-0.3, -0.25) is 4.90 Å². The van der Waals surface area contributed by atoms with E-state index in [9.17, 15) is 4.79 Å². The van der Waals surface area contributed by atoms with E-state index < -0.39 is 6.09 Å². The summed E-state index contributed by atoms with van der Waals surface area (Å²) in [6.07, 6.45) is 8.75. The van der Waals surface area contributed by atoms with Crippen molar-refractivity contribution in [3.8, 4) is 11.6 Å². The first kappa shape index (κ1) is 30.1. The van der Waals surface area contributed by atoms with Gasteiger partial charge in [0.05, 0.1) is 12.1 Å². The van der Waals surface area contributed by atoms with Gasteiger partial charge < -0.3 is 19.7 Å². The molecule has 1 saturated heterocycles. The summed E-state index contributed by atoms with van der Waals surface area (Å²) in [5.74, 6) is 1.09. The highest BCUT2D eigenvalue weighted by Crippen LogP contribution is 2.31. The first-order valence-corrected chi connectivity index (χ1v) is 16.5. The van der Waals surface area contributed by atoms with Gasteiger partial charge in [0.25, 0.3) is 0 Å². The molecule has 2 aromatic heterocycles. The van der Waals surface area contributed by atoms with E-state index in [4.69, 9.17) is 9.47 Å². The standard InChI is InChI=1S/C34H44N4O3S/c1-2-3-4-5-6-7-18-35-34(39)41-33-16-14-27-13-15-28(26-30(27)36-33)40-24-9-8-19-37-20-22-38(23-21-37)31-11-10-12-32-29(31)17-25-42-32/h10-17,25-26H,2-9,18-24H2,1H3,(H,35,39). The maximum absolute atomic E-state index is 12.2. The quantitative estimate of drug-likeness (QED) is 0.143. The van der Waals surface area contributed by atoms with Crippen molar-refractivity contribution in [2.24, 2.45) is 0 Å². The van der Waals surface area contributed by atoms with Crippen molar-refractivity contribution in [3.63, 3.8) is 0 Å². The van der Waals surface area contributed by atoms with Crippen molar-refractivity contribution in [2.45, 2.75) is 58.3 Å². The first-order chi connectivity index (χ1) is 20.7. The Kier molecular flexibility index (Phi) is 11.3. The molecule has 1 aliphatic rings. The minimum absolute atomic E-state index is 0.298. The van der Waals surface area contributed by atoms with Gasteiger partial charge in [-0.2, -0.15) is 0 Å². The Bertz CT molecular complexity index is 1420. The number of ether oxygens (including phenoxy) is 2. The Hall–Kier alpha value is -3.36. The van der Waals surface area contributed by atoms with E-state index in [1.165, 1.54) is 41.5 Å². The fourth-order valence-electron chi connectivity index (χ4n) is 5.55. The van der Waals surface area contributed by atoms with Gasteiger partial charge in [0, 0.05) is 66.0 Å². The van der Waals surface area contributed by atoms with Crippen molar-refractivity contribution in [3.05, 3.63) is 60.0 Å². The molecule has 42 heavy (non-hydrogen) atoms. The Balaban J connectivity index is 0.991. The maximum Gasteiger partial charge on any atom is 0.413 e. The molecule has 5 rings (SSSR count). The summed E-state index contributed by atoms with van der Waals surface area (Å²) >= 11 is 1.82. The number of nitrogens with zero attached hydrogens (tertiary/aromatic N) is 3. The van der Waals surface area contributed by atoms with Crippen molar-refractivity contribution in [1.29, 1.82) is 0 Å². The van der Waals surface area contributed by atoms with Crippen LogP contribution in [0.4, 0.5) is 10.5 Å². The Labute approximate surface area is 253 Å². The second-order valence-corrected chi connectivity index (χ2v) is 12.0. The van der Waals surface area contributed by atoms with Crippen LogP contribution in [0.2, 0.25) is 0 Å². The minimum atomic E-state index is -0.455. The zero-order chi connectivity index (χ0) is 29.0. The monoisotopic (exact) mass is 588 g/mol. The molecule has 7 nitrogen and oxygen atoms in total. The van der Waals surface area contributed by atoms with Crippen molar-refractivity contribution < 1.29 is 14.3 Å². The van der Waals surface area contributed by atoms with E-state index in [-0.39, 0.29) is 0 Å². The maximum atomic E-state index is 12.2. The van der Waals surface area contributed by atoms with Gasteiger partial charge in [0.2, 0.25) is 5.88 Å². The predicted octanol–water partition coefficient (Wildman–Crippen LogP) is 7.88. The first-order valence-electron chi connectivity index (χ1n) is 15.6. The molecule has 1 amide bonds. The van der Waals surface area contributed by atoms with Crippen LogP contribution in [-0.2, 0) is 0 Å². The number of hydrogen-bond donors (Lipinski definition) is 1. The third kappa shape index (κ3) is 8.58. The number of rotatable bonds is 15. The van der Waals surface area contributed by atoms with Crippen LogP contribution in [0.1, 0.15) is 58.3 Å². The number of carbonyl (C=O) groups is 1. The Morgan fingerprint density at radius 3 is 2.64 bits per heavy atom. The number of thiophene rings is 1. The van der Waals surface area contributed by atoms with E-state index in [1.807, 2.05) is 35.6 Å². The van der Waals surface area contributed by atoms with Crippen molar-refractivity contribution >= 4 is 44.1 Å². The van der Waals surface area contributed by atoms with Gasteiger partial charge in [-0.25, -0.2) is 9.78 Å². The molecule has 3 heterocycles. The summed E-state index contributed by atoms with van der Waals surface area (Å²) in [5.41, 5.74) is 2.13. The number of pyridine rings is 1. The average Bonchev–Trinajstić information content (AvgIpc) is 3.50. The van der Waals surface area contributed by atoms with Crippen LogP contribution in [-0.4, -0.2) is 61.9 Å². The highest BCUT2D eigenvalue weighted by atomic mass is 32.1. The third-order valence-corrected chi connectivity index (χ3v) is 8.84. The summed E-state index contributed by atoms with van der Waals surface area (Å²) in [6, 6.07) is 18.4. The second-order valence-electron chi connectivity index (χ2n) is 11.1. The number of fused-ring (bicyclic) bond motifs is 2. The molecule has 2 aromatic carbocycles. The number of unbranched alkanes of at least 4 members (excludes halogenated alkanes) is 6. The van der Waals surface area contributed by atoms with E-state index in [2.05, 4.69) is 56.7 Å². The number of aromatic nitrogens is 1. The number of carbonyl (C=O) groups excluding carboxylic acids is 1. The average molecular weight is 589 g/mol. The molecule has 0 bridgehead atoms. The van der Waals surface area contributed by atoms with Crippen molar-refractivity contribution in [2.75, 3.05) is 50.8 Å². The van der Waals surface area contributed by atoms with Crippen LogP contribution in [0.15, 0.2) is 60.0 Å². The van der Waals surface area contributed by atoms with Gasteiger partial charge >= 0.3 is 6.09 Å². The number of benzene rings is 2. The van der Waals surface area contributed by atoms with E-state index in [0.717, 1.165) is 75.1 Å². The summed E-state index contributed by atoms with van der Waals surface area (Å²) in [6.45, 7) is 8.94. The summed E-state index contributed by atoms with van der Waals surface area (Å²) in [5, 5.41) is 7.38. The molecular formula is C34H44N4O3S. The van der Waals surface area contributed by atoms with Crippen LogP contribution in [0, 0.1) is 0 Å². The number of amides is 1. The van der Waals surface area contributed by atoms with Crippen LogP contribution < -0.4 is 19.7 Å². The Morgan fingerprint density at radius 2 is 1.76 bits per heavy atom. The smallest absolute Gasteiger partial charge is 0.413 e. The molecule has 0 aliphatic carbocycles. The molecule has 224 valence electrons. The van der Waals surface area contributed by atoms with Gasteiger partial charge in [0.1, 0.15) is 5.75 Å². The lowest BCUT2D eigenvalue weighted by molar-refractivity contribution is 0.198. The fraction of sp³-hybridized carbons (Fsp3) is 0.471. The molecule has 1 N–H and O–H groups in total. The molecule has 0 unspecified atom stereocenters. The molecule has 1 fully saturated rings. The summed E-state index contributed by atoms with van der Waals surface area (Å²) in [7, 11) is 0. The van der Waals surface area contributed by atoms with Crippen LogP contribution in [0.3, 0.4) is 0 Å². The zero-order valence-corrected chi connectivity index (χ0v) is 25.7. The molecular weight excluding hydrogens is 544 g/mol. The lowest BCUT2D eigenvalue weighted by Crippen LogP contribution is -2.46. The second kappa shape index (κ2) is 15.8. The Morgan fingerprint density at radius 1 is 0.929 bits per heavy atom. The molecule has 0 saturated carbocycles. The molecule has 0 spiro atoms. The number of hydrogen-bond acceptors (Lipinski definition) is 7.